The monoisotopic (exact) mass is 395 g/mol. The Kier molecular flexibility index (Phi) is 6.03. The van der Waals surface area contributed by atoms with Crippen LogP contribution in [0.1, 0.15) is 28.3 Å². The number of nitrogens with zero attached hydrogens (tertiary/aromatic N) is 1. The first kappa shape index (κ1) is 20.6. The molecular formula is C23H25NO5. The zero-order valence-corrected chi connectivity index (χ0v) is 17.1. The lowest BCUT2D eigenvalue weighted by Gasteiger charge is -2.25. The van der Waals surface area contributed by atoms with Gasteiger partial charge < -0.3 is 19.5 Å². The molecule has 2 aromatic carbocycles. The normalized spacial score (nSPS) is 18.3. The molecule has 1 saturated heterocycles. The van der Waals surface area contributed by atoms with Crippen molar-refractivity contribution < 1.29 is 24.2 Å². The summed E-state index contributed by atoms with van der Waals surface area (Å²) in [5.41, 5.74) is 3.08. The molecule has 29 heavy (non-hydrogen) atoms. The molecule has 0 aliphatic carbocycles. The van der Waals surface area contributed by atoms with Gasteiger partial charge in [-0.05, 0) is 43.2 Å². The molecular weight excluding hydrogens is 370 g/mol. The third-order valence-corrected chi connectivity index (χ3v) is 5.13. The summed E-state index contributed by atoms with van der Waals surface area (Å²) in [7, 11) is 3.09. The van der Waals surface area contributed by atoms with Gasteiger partial charge in [-0.15, -0.1) is 0 Å². The smallest absolute Gasteiger partial charge is 0.295 e. The minimum atomic E-state index is -0.722. The maximum Gasteiger partial charge on any atom is 0.295 e. The molecule has 1 atom stereocenters. The van der Waals surface area contributed by atoms with Crippen molar-refractivity contribution >= 4 is 17.4 Å². The largest absolute Gasteiger partial charge is 0.507 e. The van der Waals surface area contributed by atoms with Crippen LogP contribution in [0.25, 0.3) is 5.76 Å². The van der Waals surface area contributed by atoms with Crippen LogP contribution in [0.4, 0.5) is 0 Å². The fraction of sp³-hybridized carbons (Fsp3) is 0.304. The van der Waals surface area contributed by atoms with Gasteiger partial charge in [-0.3, -0.25) is 9.59 Å². The van der Waals surface area contributed by atoms with E-state index in [9.17, 15) is 14.7 Å². The number of aryl methyl sites for hydroxylation is 2. The van der Waals surface area contributed by atoms with Crippen LogP contribution in [-0.2, 0) is 14.3 Å². The van der Waals surface area contributed by atoms with E-state index in [1.54, 1.807) is 25.3 Å². The van der Waals surface area contributed by atoms with Gasteiger partial charge in [0, 0.05) is 19.2 Å². The van der Waals surface area contributed by atoms with Crippen molar-refractivity contribution in [3.63, 3.8) is 0 Å². The average molecular weight is 395 g/mol. The van der Waals surface area contributed by atoms with E-state index in [1.165, 1.54) is 12.0 Å². The minimum Gasteiger partial charge on any atom is -0.507 e. The van der Waals surface area contributed by atoms with E-state index in [0.717, 1.165) is 11.1 Å². The van der Waals surface area contributed by atoms with Crippen molar-refractivity contribution in [3.8, 4) is 5.75 Å². The van der Waals surface area contributed by atoms with Gasteiger partial charge in [0.15, 0.2) is 0 Å². The highest BCUT2D eigenvalue weighted by atomic mass is 16.5. The second kappa shape index (κ2) is 8.49. The van der Waals surface area contributed by atoms with Crippen molar-refractivity contribution in [3.05, 3.63) is 70.3 Å². The molecule has 1 N–H and O–H groups in total. The molecule has 1 aliphatic rings. The molecule has 1 aliphatic heterocycles. The molecule has 3 rings (SSSR count). The van der Waals surface area contributed by atoms with Crippen LogP contribution >= 0.6 is 0 Å². The van der Waals surface area contributed by atoms with E-state index >= 15 is 0 Å². The molecule has 2 aromatic rings. The number of Topliss-reactive ketones (excluding diaryl/α,β-unsaturated/α-hetero) is 1. The molecule has 1 amide bonds. The van der Waals surface area contributed by atoms with Gasteiger partial charge in [0.1, 0.15) is 11.5 Å². The van der Waals surface area contributed by atoms with E-state index in [4.69, 9.17) is 9.47 Å². The molecule has 1 heterocycles. The fourth-order valence-corrected chi connectivity index (χ4v) is 3.59. The third-order valence-electron chi connectivity index (χ3n) is 5.13. The topological polar surface area (TPSA) is 76.1 Å². The highest BCUT2D eigenvalue weighted by Gasteiger charge is 2.46. The number of benzene rings is 2. The molecule has 152 valence electrons. The number of rotatable bonds is 6. The molecule has 0 spiro atoms. The van der Waals surface area contributed by atoms with Gasteiger partial charge in [-0.25, -0.2) is 0 Å². The summed E-state index contributed by atoms with van der Waals surface area (Å²) in [6.07, 6.45) is 0. The van der Waals surface area contributed by atoms with Gasteiger partial charge in [0.05, 0.1) is 25.3 Å². The maximum absolute atomic E-state index is 12.9. The number of methoxy groups -OCH3 is 2. The predicted molar refractivity (Wildman–Crippen MR) is 110 cm³/mol. The van der Waals surface area contributed by atoms with Crippen LogP contribution in [0.5, 0.6) is 5.75 Å². The first-order chi connectivity index (χ1) is 13.9. The van der Waals surface area contributed by atoms with Crippen molar-refractivity contribution in [2.75, 3.05) is 27.4 Å². The third kappa shape index (κ3) is 3.89. The van der Waals surface area contributed by atoms with Gasteiger partial charge in [-0.2, -0.15) is 0 Å². The summed E-state index contributed by atoms with van der Waals surface area (Å²) in [4.78, 5) is 27.2. The Bertz CT molecular complexity index is 979. The maximum atomic E-state index is 12.9. The van der Waals surface area contributed by atoms with Crippen LogP contribution in [0.3, 0.4) is 0 Å². The number of carbonyl (C=O) groups is 2. The second-order valence-electron chi connectivity index (χ2n) is 7.08. The summed E-state index contributed by atoms with van der Waals surface area (Å²) in [5.74, 6) is -0.919. The SMILES string of the molecule is COCCN1C(=O)C(=O)/C(=C(/O)c2cc(C)ccc2C)C1c1cccc(OC)c1. The zero-order valence-electron chi connectivity index (χ0n) is 17.1. The quantitative estimate of drug-likeness (QED) is 0.461. The highest BCUT2D eigenvalue weighted by Crippen LogP contribution is 2.40. The van der Waals surface area contributed by atoms with Crippen LogP contribution in [0.2, 0.25) is 0 Å². The first-order valence-corrected chi connectivity index (χ1v) is 9.38. The predicted octanol–water partition coefficient (Wildman–Crippen LogP) is 3.38. The lowest BCUT2D eigenvalue weighted by Crippen LogP contribution is -2.32. The molecule has 0 bridgehead atoms. The zero-order chi connectivity index (χ0) is 21.1. The summed E-state index contributed by atoms with van der Waals surface area (Å²) in [5, 5.41) is 11.1. The molecule has 0 radical (unpaired) electrons. The number of amides is 1. The number of aliphatic hydroxyl groups excluding tert-OH is 1. The standard InChI is InChI=1S/C23H25NO5/c1-14-8-9-15(2)18(12-14)21(25)19-20(16-6-5-7-17(13-16)29-4)24(10-11-28-3)23(27)22(19)26/h5-9,12-13,20,25H,10-11H2,1-4H3/b21-19+. The molecule has 1 fully saturated rings. The number of carbonyl (C=O) groups excluding carboxylic acids is 2. The van der Waals surface area contributed by atoms with Crippen molar-refractivity contribution in [2.24, 2.45) is 0 Å². The average Bonchev–Trinajstić information content (AvgIpc) is 2.98. The number of hydrogen-bond donors (Lipinski definition) is 1. The Labute approximate surface area is 170 Å². The van der Waals surface area contributed by atoms with Crippen LogP contribution in [-0.4, -0.2) is 49.1 Å². The number of hydrogen-bond acceptors (Lipinski definition) is 5. The summed E-state index contributed by atoms with van der Waals surface area (Å²) in [6, 6.07) is 12.1. The highest BCUT2D eigenvalue weighted by molar-refractivity contribution is 6.46. The fourth-order valence-electron chi connectivity index (χ4n) is 3.59. The van der Waals surface area contributed by atoms with Crippen LogP contribution in [0, 0.1) is 13.8 Å². The second-order valence-corrected chi connectivity index (χ2v) is 7.08. The lowest BCUT2D eigenvalue weighted by atomic mass is 9.93. The van der Waals surface area contributed by atoms with E-state index in [-0.39, 0.29) is 24.5 Å². The summed E-state index contributed by atoms with van der Waals surface area (Å²) in [6.45, 7) is 4.27. The summed E-state index contributed by atoms with van der Waals surface area (Å²) >= 11 is 0. The number of ether oxygens (including phenoxy) is 2. The number of likely N-dealkylation sites (tertiary alicyclic amines) is 1. The molecule has 1 unspecified atom stereocenters. The van der Waals surface area contributed by atoms with Crippen molar-refractivity contribution in [1.82, 2.24) is 4.90 Å². The van der Waals surface area contributed by atoms with Gasteiger partial charge >= 0.3 is 0 Å². The molecule has 0 saturated carbocycles. The van der Waals surface area contributed by atoms with Gasteiger partial charge in [-0.1, -0.05) is 29.8 Å². The van der Waals surface area contributed by atoms with E-state index in [2.05, 4.69) is 0 Å². The van der Waals surface area contributed by atoms with Gasteiger partial charge in [0.2, 0.25) is 0 Å². The Morgan fingerprint density at radius 1 is 1.10 bits per heavy atom. The number of ketones is 1. The van der Waals surface area contributed by atoms with E-state index in [0.29, 0.717) is 16.9 Å². The van der Waals surface area contributed by atoms with E-state index < -0.39 is 17.7 Å². The van der Waals surface area contributed by atoms with Crippen molar-refractivity contribution in [2.45, 2.75) is 19.9 Å². The Balaban J connectivity index is 2.22. The number of aliphatic hydroxyl groups is 1. The van der Waals surface area contributed by atoms with Crippen LogP contribution in [0.15, 0.2) is 48.0 Å². The van der Waals surface area contributed by atoms with Crippen molar-refractivity contribution in [1.29, 1.82) is 0 Å². The Hall–Kier alpha value is -3.12. The minimum absolute atomic E-state index is 0.0769. The Morgan fingerprint density at radius 3 is 2.55 bits per heavy atom. The Morgan fingerprint density at radius 2 is 1.86 bits per heavy atom. The van der Waals surface area contributed by atoms with Crippen LogP contribution < -0.4 is 4.74 Å². The summed E-state index contributed by atoms with van der Waals surface area (Å²) < 4.78 is 10.4. The molecule has 0 aromatic heterocycles. The van der Waals surface area contributed by atoms with E-state index in [1.807, 2.05) is 38.1 Å². The molecule has 6 nitrogen and oxygen atoms in total. The van der Waals surface area contributed by atoms with Gasteiger partial charge in [0.25, 0.3) is 11.7 Å². The molecule has 6 heteroatoms. The first-order valence-electron chi connectivity index (χ1n) is 9.38. The lowest BCUT2D eigenvalue weighted by molar-refractivity contribution is -0.140.